The van der Waals surface area contributed by atoms with Gasteiger partial charge < -0.3 is 21.3 Å². The Morgan fingerprint density at radius 3 is 2.50 bits per heavy atom. The van der Waals surface area contributed by atoms with Crippen LogP contribution in [0.5, 0.6) is 0 Å². The second-order valence-corrected chi connectivity index (χ2v) is 4.43. The largest absolute Gasteiger partial charge is 0.480 e. The lowest BCUT2D eigenvalue weighted by Crippen LogP contribution is -2.57. The van der Waals surface area contributed by atoms with E-state index in [2.05, 4.69) is 5.32 Å². The van der Waals surface area contributed by atoms with E-state index in [1.165, 1.54) is 0 Å². The fourth-order valence-electron chi connectivity index (χ4n) is 1.57. The van der Waals surface area contributed by atoms with Gasteiger partial charge in [0.25, 0.3) is 0 Å². The van der Waals surface area contributed by atoms with Crippen molar-refractivity contribution in [3.05, 3.63) is 0 Å². The molecule has 0 heterocycles. The minimum absolute atomic E-state index is 0.0121. The number of carbonyl (C=O) groups excluding carboxylic acids is 1. The van der Waals surface area contributed by atoms with Crippen LogP contribution in [-0.2, 0) is 9.59 Å². The highest BCUT2D eigenvalue weighted by molar-refractivity contribution is 5.90. The van der Waals surface area contributed by atoms with Crippen LogP contribution in [0.25, 0.3) is 0 Å². The molecule has 16 heavy (non-hydrogen) atoms. The average molecular weight is 230 g/mol. The molecule has 5 N–H and O–H groups in total. The predicted octanol–water partition coefficient (Wildman–Crippen LogP) is -0.934. The molecule has 0 aromatic carbocycles. The van der Waals surface area contributed by atoms with Gasteiger partial charge in [0.05, 0.1) is 5.54 Å². The monoisotopic (exact) mass is 230 g/mol. The molecule has 6 nitrogen and oxygen atoms in total. The Morgan fingerprint density at radius 1 is 1.56 bits per heavy atom. The van der Waals surface area contributed by atoms with Gasteiger partial charge in [-0.1, -0.05) is 0 Å². The topological polar surface area (TPSA) is 113 Å². The number of carboxylic acids is 1. The van der Waals surface area contributed by atoms with Crippen molar-refractivity contribution >= 4 is 11.9 Å². The van der Waals surface area contributed by atoms with Gasteiger partial charge in [0.1, 0.15) is 6.04 Å². The van der Waals surface area contributed by atoms with Gasteiger partial charge in [-0.15, -0.1) is 0 Å². The molecule has 0 spiro atoms. The van der Waals surface area contributed by atoms with E-state index < -0.39 is 23.5 Å². The van der Waals surface area contributed by atoms with E-state index in [9.17, 15) is 9.59 Å². The smallest absolute Gasteiger partial charge is 0.326 e. The Kier molecular flexibility index (Phi) is 3.88. The molecule has 0 aromatic rings. The zero-order valence-electron chi connectivity index (χ0n) is 9.27. The fraction of sp³-hybridized carbons (Fsp3) is 0.800. The molecule has 0 aliphatic heterocycles. The predicted molar refractivity (Wildman–Crippen MR) is 56.6 cm³/mol. The maximum absolute atomic E-state index is 11.8. The number of aliphatic hydroxyl groups excluding tert-OH is 1. The van der Waals surface area contributed by atoms with Gasteiger partial charge in [-0.2, -0.15) is 0 Å². The second kappa shape index (κ2) is 4.80. The van der Waals surface area contributed by atoms with Crippen molar-refractivity contribution in [1.29, 1.82) is 0 Å². The highest BCUT2D eigenvalue weighted by Crippen LogP contribution is 2.38. The van der Waals surface area contributed by atoms with Crippen LogP contribution in [0.15, 0.2) is 0 Å². The summed E-state index contributed by atoms with van der Waals surface area (Å²) in [6, 6.07) is -1.07. The molecule has 0 aromatic heterocycles. The van der Waals surface area contributed by atoms with Crippen molar-refractivity contribution < 1.29 is 19.8 Å². The highest BCUT2D eigenvalue weighted by Gasteiger charge is 2.44. The number of rotatable bonds is 6. The number of aliphatic hydroxyl groups is 1. The number of nitrogens with one attached hydrogen (secondary N) is 1. The van der Waals surface area contributed by atoms with Crippen LogP contribution in [0.2, 0.25) is 0 Å². The Morgan fingerprint density at radius 2 is 2.12 bits per heavy atom. The SMILES string of the molecule is CC(N)(C(=O)NC(CCO)C(=O)O)C1CC1. The minimum Gasteiger partial charge on any atom is -0.480 e. The first-order valence-electron chi connectivity index (χ1n) is 5.33. The van der Waals surface area contributed by atoms with E-state index in [-0.39, 0.29) is 18.9 Å². The number of hydrogen-bond acceptors (Lipinski definition) is 4. The van der Waals surface area contributed by atoms with Gasteiger partial charge in [0.2, 0.25) is 5.91 Å². The molecular formula is C10H18N2O4. The number of hydrogen-bond donors (Lipinski definition) is 4. The van der Waals surface area contributed by atoms with Gasteiger partial charge >= 0.3 is 5.97 Å². The van der Waals surface area contributed by atoms with Crippen LogP contribution in [0, 0.1) is 5.92 Å². The maximum atomic E-state index is 11.8. The third kappa shape index (κ3) is 2.93. The lowest BCUT2D eigenvalue weighted by molar-refractivity contribution is -0.143. The lowest BCUT2D eigenvalue weighted by atomic mass is 9.95. The molecule has 1 saturated carbocycles. The van der Waals surface area contributed by atoms with Gasteiger partial charge in [0, 0.05) is 13.0 Å². The van der Waals surface area contributed by atoms with E-state index in [4.69, 9.17) is 15.9 Å². The average Bonchev–Trinajstić information content (AvgIpc) is 2.99. The Labute approximate surface area is 93.8 Å². The molecule has 92 valence electrons. The summed E-state index contributed by atoms with van der Waals surface area (Å²) in [5.41, 5.74) is 4.83. The van der Waals surface area contributed by atoms with Crippen molar-refractivity contribution in [3.63, 3.8) is 0 Å². The van der Waals surface area contributed by atoms with Gasteiger partial charge in [-0.25, -0.2) is 4.79 Å². The summed E-state index contributed by atoms with van der Waals surface area (Å²) >= 11 is 0. The summed E-state index contributed by atoms with van der Waals surface area (Å²) in [7, 11) is 0. The molecule has 1 fully saturated rings. The van der Waals surface area contributed by atoms with E-state index in [0.29, 0.717) is 0 Å². The summed E-state index contributed by atoms with van der Waals surface area (Å²) in [5.74, 6) is -1.49. The third-order valence-corrected chi connectivity index (χ3v) is 2.94. The first-order valence-corrected chi connectivity index (χ1v) is 5.33. The molecule has 0 saturated heterocycles. The van der Waals surface area contributed by atoms with Crippen molar-refractivity contribution in [2.75, 3.05) is 6.61 Å². The third-order valence-electron chi connectivity index (χ3n) is 2.94. The number of carbonyl (C=O) groups is 2. The summed E-state index contributed by atoms with van der Waals surface area (Å²) in [5, 5.41) is 19.8. The number of carboxylic acid groups (broad SMARTS) is 1. The molecule has 6 heteroatoms. The van der Waals surface area contributed by atoms with Crippen LogP contribution in [0.4, 0.5) is 0 Å². The van der Waals surface area contributed by atoms with E-state index in [1.807, 2.05) is 0 Å². The van der Waals surface area contributed by atoms with Crippen LogP contribution in [0.1, 0.15) is 26.2 Å². The first kappa shape index (κ1) is 12.9. The van der Waals surface area contributed by atoms with E-state index in [1.54, 1.807) is 6.92 Å². The van der Waals surface area contributed by atoms with Gasteiger partial charge in [-0.05, 0) is 25.7 Å². The fourth-order valence-corrected chi connectivity index (χ4v) is 1.57. The zero-order chi connectivity index (χ0) is 12.3. The molecule has 1 aliphatic carbocycles. The molecule has 1 aliphatic rings. The van der Waals surface area contributed by atoms with Crippen molar-refractivity contribution in [2.45, 2.75) is 37.8 Å². The Bertz CT molecular complexity index is 287. The summed E-state index contributed by atoms with van der Waals surface area (Å²) in [4.78, 5) is 22.5. The van der Waals surface area contributed by atoms with Crippen molar-refractivity contribution in [3.8, 4) is 0 Å². The summed E-state index contributed by atoms with van der Waals surface area (Å²) in [6.45, 7) is 1.32. The van der Waals surface area contributed by atoms with Gasteiger partial charge in [0.15, 0.2) is 0 Å². The molecule has 2 unspecified atom stereocenters. The molecule has 1 rings (SSSR count). The van der Waals surface area contributed by atoms with Crippen LogP contribution in [-0.4, -0.2) is 40.3 Å². The Hall–Kier alpha value is -1.14. The van der Waals surface area contributed by atoms with Gasteiger partial charge in [-0.3, -0.25) is 4.79 Å². The van der Waals surface area contributed by atoms with E-state index >= 15 is 0 Å². The lowest BCUT2D eigenvalue weighted by Gasteiger charge is -2.25. The van der Waals surface area contributed by atoms with Crippen LogP contribution < -0.4 is 11.1 Å². The zero-order valence-corrected chi connectivity index (χ0v) is 9.27. The minimum atomic E-state index is -1.16. The second-order valence-electron chi connectivity index (χ2n) is 4.43. The highest BCUT2D eigenvalue weighted by atomic mass is 16.4. The molecule has 0 radical (unpaired) electrons. The molecular weight excluding hydrogens is 212 g/mol. The normalized spacial score (nSPS) is 20.9. The maximum Gasteiger partial charge on any atom is 0.326 e. The molecule has 1 amide bonds. The first-order chi connectivity index (χ1) is 7.39. The number of aliphatic carboxylic acids is 1. The number of amides is 1. The Balaban J connectivity index is 2.56. The van der Waals surface area contributed by atoms with Crippen molar-refractivity contribution in [1.82, 2.24) is 5.32 Å². The molecule has 2 atom stereocenters. The van der Waals surface area contributed by atoms with Crippen molar-refractivity contribution in [2.24, 2.45) is 11.7 Å². The van der Waals surface area contributed by atoms with Crippen LogP contribution in [0.3, 0.4) is 0 Å². The number of nitrogens with two attached hydrogens (primary N) is 1. The summed E-state index contributed by atoms with van der Waals surface area (Å²) in [6.07, 6.45) is 1.79. The van der Waals surface area contributed by atoms with Crippen LogP contribution >= 0.6 is 0 Å². The molecule has 0 bridgehead atoms. The standard InChI is InChI=1S/C10H18N2O4/c1-10(11,6-2-3-6)9(16)12-7(4-5-13)8(14)15/h6-7,13H,2-5,11H2,1H3,(H,12,16)(H,14,15). The van der Waals surface area contributed by atoms with E-state index in [0.717, 1.165) is 12.8 Å². The summed E-state index contributed by atoms with van der Waals surface area (Å²) < 4.78 is 0. The quantitative estimate of drug-likeness (QED) is 0.470.